The van der Waals surface area contributed by atoms with Crippen molar-refractivity contribution in [2.24, 2.45) is 0 Å². The maximum atomic E-state index is 11.4. The van der Waals surface area contributed by atoms with E-state index in [-0.39, 0.29) is 24.7 Å². The SMILES string of the molecule is C#CCBr.C#CCCl.C#CCI.C#CCO.C#CCOS(=O)(=O)c1ccc(C)cc1.C#CCOS(C)(=O)=O.O=S(Cl)Cl. The van der Waals surface area contributed by atoms with E-state index in [1.807, 2.05) is 18.8 Å². The number of terminal acetylenes is 6. The van der Waals surface area contributed by atoms with Gasteiger partial charge in [-0.3, -0.25) is 8.37 Å². The van der Waals surface area contributed by atoms with E-state index in [2.05, 4.69) is 105 Å². The molecule has 0 fully saturated rings. The third-order valence-corrected chi connectivity index (χ3v) is 5.03. The molecule has 0 saturated carbocycles. The summed E-state index contributed by atoms with van der Waals surface area (Å²) in [5.74, 6) is 13.4. The largest absolute Gasteiger partial charge is 0.384 e. The summed E-state index contributed by atoms with van der Waals surface area (Å²) in [7, 11) is 0.348. The van der Waals surface area contributed by atoms with Gasteiger partial charge in [-0.1, -0.05) is 91.7 Å². The second-order valence-electron chi connectivity index (χ2n) is 5.46. The Balaban J connectivity index is -0.0000000991. The first kappa shape index (κ1) is 53.2. The Morgan fingerprint density at radius 2 is 1.21 bits per heavy atom. The quantitative estimate of drug-likeness (QED) is 0.151. The summed E-state index contributed by atoms with van der Waals surface area (Å²) >= 11 is 10.1. The molecule has 0 aliphatic rings. The van der Waals surface area contributed by atoms with Gasteiger partial charge in [0.2, 0.25) is 9.23 Å². The van der Waals surface area contributed by atoms with Crippen molar-refractivity contribution in [2.75, 3.05) is 41.7 Å². The lowest BCUT2D eigenvalue weighted by atomic mass is 10.2. The molecular formula is C26H29BrCl3IO8S3. The highest BCUT2D eigenvalue weighted by atomic mass is 127. The predicted octanol–water partition coefficient (Wildman–Crippen LogP) is 4.51. The molecule has 0 spiro atoms. The van der Waals surface area contributed by atoms with Gasteiger partial charge in [-0.05, 0) is 19.1 Å². The summed E-state index contributed by atoms with van der Waals surface area (Å²) < 4.78 is 61.5. The van der Waals surface area contributed by atoms with Gasteiger partial charge >= 0.3 is 0 Å². The highest BCUT2D eigenvalue weighted by Gasteiger charge is 2.13. The predicted molar refractivity (Wildman–Crippen MR) is 188 cm³/mol. The minimum atomic E-state index is -3.68. The fraction of sp³-hybridized carbons (Fsp3) is 0.308. The molecule has 0 aliphatic heterocycles. The maximum Gasteiger partial charge on any atom is 0.297 e. The summed E-state index contributed by atoms with van der Waals surface area (Å²) in [6.45, 7) is 1.30. The average molecular weight is 879 g/mol. The zero-order valence-corrected chi connectivity index (χ0v) is 30.9. The average Bonchev–Trinajstić information content (AvgIpc) is 2.95. The van der Waals surface area contributed by atoms with Crippen LogP contribution in [0.15, 0.2) is 29.2 Å². The second-order valence-corrected chi connectivity index (χ2v) is 12.8. The van der Waals surface area contributed by atoms with Crippen LogP contribution in [0.2, 0.25) is 0 Å². The number of aliphatic hydroxyl groups excluding tert-OH is 1. The molecule has 0 amide bonds. The van der Waals surface area contributed by atoms with Gasteiger partial charge in [0, 0.05) is 21.4 Å². The fourth-order valence-electron chi connectivity index (χ4n) is 1.03. The van der Waals surface area contributed by atoms with Crippen molar-refractivity contribution in [2.45, 2.75) is 11.8 Å². The summed E-state index contributed by atoms with van der Waals surface area (Å²) in [5, 5.41) is 8.30. The Morgan fingerprint density at radius 1 is 0.881 bits per heavy atom. The molecule has 0 radical (unpaired) electrons. The van der Waals surface area contributed by atoms with Crippen LogP contribution in [0.25, 0.3) is 0 Å². The molecule has 0 aromatic heterocycles. The molecule has 16 heteroatoms. The van der Waals surface area contributed by atoms with Gasteiger partial charge in [0.15, 0.2) is 0 Å². The Labute approximate surface area is 290 Å². The number of halogens is 5. The summed E-state index contributed by atoms with van der Waals surface area (Å²) in [4.78, 5) is 0.123. The van der Waals surface area contributed by atoms with E-state index in [0.29, 0.717) is 11.2 Å². The summed E-state index contributed by atoms with van der Waals surface area (Å²) in [6.07, 6.45) is 29.2. The van der Waals surface area contributed by atoms with Crippen LogP contribution in [-0.4, -0.2) is 67.9 Å². The number of hydrogen-bond acceptors (Lipinski definition) is 8. The topological polar surface area (TPSA) is 124 Å². The van der Waals surface area contributed by atoms with Gasteiger partial charge in [0.05, 0.1) is 26.8 Å². The first-order valence-corrected chi connectivity index (χ1v) is 19.2. The van der Waals surface area contributed by atoms with Gasteiger partial charge in [-0.15, -0.1) is 50.1 Å². The first-order chi connectivity index (χ1) is 19.5. The van der Waals surface area contributed by atoms with Gasteiger partial charge in [0.25, 0.3) is 20.2 Å². The van der Waals surface area contributed by atoms with Crippen molar-refractivity contribution in [3.63, 3.8) is 0 Å². The normalized spacial score (nSPS) is 8.36. The molecule has 42 heavy (non-hydrogen) atoms. The molecule has 1 rings (SSSR count). The lowest BCUT2D eigenvalue weighted by Gasteiger charge is -2.02. The standard InChI is InChI=1S/C10H10O3S.C4H6O3S.C3H3Br.C3H3Cl.C3H3I.C3H4O.Cl2OS/c1-3-8-13-14(11,12)10-6-4-9(2)5-7-10;1-3-4-7-8(2,5)6;4*1-2-3-4;1-4(2)3/h1,4-7H,8H2,2H3;1H,4H2,2H3;3*1H,3H2;1,4H,3H2;. The number of alkyl halides is 3. The number of rotatable bonds is 5. The number of benzene rings is 1. The Hall–Kier alpha value is -1.41. The lowest BCUT2D eigenvalue weighted by molar-refractivity contribution is 0.351. The van der Waals surface area contributed by atoms with E-state index in [0.717, 1.165) is 16.2 Å². The van der Waals surface area contributed by atoms with Gasteiger partial charge in [-0.2, -0.15) is 16.8 Å². The molecular weight excluding hydrogens is 850 g/mol. The molecule has 0 unspecified atom stereocenters. The van der Waals surface area contributed by atoms with Crippen molar-refractivity contribution in [3.8, 4) is 74.1 Å². The molecule has 1 aromatic rings. The number of aryl methyl sites for hydroxylation is 1. The third-order valence-electron chi connectivity index (χ3n) is 2.29. The van der Waals surface area contributed by atoms with Crippen molar-refractivity contribution in [3.05, 3.63) is 29.8 Å². The van der Waals surface area contributed by atoms with E-state index >= 15 is 0 Å². The Morgan fingerprint density at radius 3 is 1.40 bits per heavy atom. The van der Waals surface area contributed by atoms with Crippen molar-refractivity contribution >= 4 is 101 Å². The highest BCUT2D eigenvalue weighted by Crippen LogP contribution is 2.12. The van der Waals surface area contributed by atoms with Crippen LogP contribution in [0.5, 0.6) is 0 Å². The monoisotopic (exact) mass is 876 g/mol. The Bertz CT molecular complexity index is 1220. The number of aliphatic hydroxyl groups is 1. The minimum absolute atomic E-state index is 0.123. The van der Waals surface area contributed by atoms with Crippen molar-refractivity contribution in [1.29, 1.82) is 0 Å². The number of hydrogen-bond donors (Lipinski definition) is 1. The van der Waals surface area contributed by atoms with Crippen LogP contribution in [0.3, 0.4) is 0 Å². The third kappa shape index (κ3) is 66.7. The van der Waals surface area contributed by atoms with Crippen molar-refractivity contribution < 1.29 is 34.5 Å². The molecule has 1 N–H and O–H groups in total. The summed E-state index contributed by atoms with van der Waals surface area (Å²) in [6, 6.07) is 6.38. The van der Waals surface area contributed by atoms with Gasteiger partial charge in [-0.25, -0.2) is 4.21 Å². The van der Waals surface area contributed by atoms with Crippen LogP contribution in [0.4, 0.5) is 0 Å². The van der Waals surface area contributed by atoms with E-state index < -0.39 is 29.5 Å². The van der Waals surface area contributed by atoms with Crippen LogP contribution >= 0.6 is 71.5 Å². The molecule has 0 heterocycles. The molecule has 8 nitrogen and oxygen atoms in total. The molecule has 234 valence electrons. The van der Waals surface area contributed by atoms with E-state index in [4.69, 9.17) is 46.6 Å². The fourth-order valence-corrected chi connectivity index (χ4v) is 2.14. The van der Waals surface area contributed by atoms with Gasteiger partial charge in [0.1, 0.15) is 19.8 Å². The summed E-state index contributed by atoms with van der Waals surface area (Å²) in [5.41, 5.74) is 0.987. The van der Waals surface area contributed by atoms with Gasteiger partial charge < -0.3 is 5.11 Å². The van der Waals surface area contributed by atoms with Crippen LogP contribution in [-0.2, 0) is 37.8 Å². The van der Waals surface area contributed by atoms with E-state index in [9.17, 15) is 16.8 Å². The van der Waals surface area contributed by atoms with Crippen molar-refractivity contribution in [1.82, 2.24) is 0 Å². The van der Waals surface area contributed by atoms with Crippen LogP contribution < -0.4 is 0 Å². The second kappa shape index (κ2) is 41.7. The molecule has 0 aliphatic carbocycles. The Kier molecular flexibility index (Phi) is 52.8. The minimum Gasteiger partial charge on any atom is -0.384 e. The first-order valence-electron chi connectivity index (χ1n) is 9.96. The maximum absolute atomic E-state index is 11.4. The van der Waals surface area contributed by atoms with Crippen LogP contribution in [0.1, 0.15) is 5.56 Å². The highest BCUT2D eigenvalue weighted by molar-refractivity contribution is 14.1. The smallest absolute Gasteiger partial charge is 0.297 e. The molecule has 0 saturated heterocycles. The molecule has 0 bridgehead atoms. The van der Waals surface area contributed by atoms with E-state index in [1.165, 1.54) is 12.1 Å². The molecule has 0 atom stereocenters. The van der Waals surface area contributed by atoms with E-state index in [1.54, 1.807) is 12.1 Å². The van der Waals surface area contributed by atoms with Crippen LogP contribution in [0, 0.1) is 81.0 Å². The zero-order valence-electron chi connectivity index (χ0n) is 22.4. The molecule has 1 aromatic carbocycles. The zero-order chi connectivity index (χ0) is 34.5. The lowest BCUT2D eigenvalue weighted by Crippen LogP contribution is -2.06.